The summed E-state index contributed by atoms with van der Waals surface area (Å²) in [5, 5.41) is 4.07. The summed E-state index contributed by atoms with van der Waals surface area (Å²) in [6, 6.07) is 6.79. The molecule has 0 spiro atoms. The van der Waals surface area contributed by atoms with Gasteiger partial charge in [0.05, 0.1) is 34.2 Å². The van der Waals surface area contributed by atoms with E-state index in [1.54, 1.807) is 44.5 Å². The minimum Gasteiger partial charge on any atom is -0.463 e. The number of pyridine rings is 1. The summed E-state index contributed by atoms with van der Waals surface area (Å²) < 4.78 is 12.7. The second-order valence-electron chi connectivity index (χ2n) is 13.0. The molecule has 0 saturated heterocycles. The van der Waals surface area contributed by atoms with Crippen molar-refractivity contribution in [1.29, 1.82) is 0 Å². The molecule has 1 N–H and O–H groups in total. The van der Waals surface area contributed by atoms with Crippen molar-refractivity contribution in [3.05, 3.63) is 62.4 Å². The van der Waals surface area contributed by atoms with Crippen molar-refractivity contribution >= 4 is 40.1 Å². The van der Waals surface area contributed by atoms with Crippen LogP contribution in [0.2, 0.25) is 5.15 Å². The molecule has 41 heavy (non-hydrogen) atoms. The summed E-state index contributed by atoms with van der Waals surface area (Å²) in [4.78, 5) is 48.6. The third kappa shape index (κ3) is 5.09. The van der Waals surface area contributed by atoms with Crippen LogP contribution < -0.4 is 10.9 Å². The highest BCUT2D eigenvalue weighted by Gasteiger charge is 2.74. The molecule has 3 aromatic rings. The molecule has 1 aromatic carbocycles. The largest absolute Gasteiger partial charge is 0.463 e. The zero-order valence-corrected chi connectivity index (χ0v) is 25.6. The highest BCUT2D eigenvalue weighted by molar-refractivity contribution is 6.29. The number of aryl methyl sites for hydroxylation is 1. The Morgan fingerprint density at radius 3 is 2.37 bits per heavy atom. The lowest BCUT2D eigenvalue weighted by Gasteiger charge is -2.68. The van der Waals surface area contributed by atoms with Crippen molar-refractivity contribution in [1.82, 2.24) is 14.5 Å². The Morgan fingerprint density at radius 1 is 1.10 bits per heavy atom. The Hall–Kier alpha value is -3.46. The van der Waals surface area contributed by atoms with Crippen LogP contribution in [-0.4, -0.2) is 38.2 Å². The Labute approximate surface area is 244 Å². The predicted molar refractivity (Wildman–Crippen MR) is 157 cm³/mol. The number of halogens is 1. The number of benzene rings is 1. The van der Waals surface area contributed by atoms with Crippen LogP contribution in [0.15, 0.2) is 29.1 Å². The number of anilines is 1. The molecule has 0 unspecified atom stereocenters. The van der Waals surface area contributed by atoms with E-state index in [1.807, 2.05) is 39.8 Å². The number of aromatic nitrogens is 3. The molecule has 0 radical (unpaired) electrons. The van der Waals surface area contributed by atoms with Crippen LogP contribution in [0, 0.1) is 12.3 Å². The van der Waals surface area contributed by atoms with Gasteiger partial charge in [-0.15, -0.1) is 0 Å². The first kappa shape index (κ1) is 29.0. The van der Waals surface area contributed by atoms with Crippen LogP contribution in [0.5, 0.6) is 0 Å². The lowest BCUT2D eigenvalue weighted by Crippen LogP contribution is -2.69. The number of esters is 2. The molecule has 2 heterocycles. The van der Waals surface area contributed by atoms with Gasteiger partial charge in [-0.05, 0) is 91.5 Å². The SMILES string of the molecule is Cc1cc([C@@H](C)Nc2ccc(Cl)nc2C(=O)OC(C)(C)C)c2nc(C34CC(C(=O)OC(C)C)(C3)C4)n(C)c(=O)c2c1. The summed E-state index contributed by atoms with van der Waals surface area (Å²) in [5.41, 5.74) is 1.23. The van der Waals surface area contributed by atoms with Gasteiger partial charge in [0.25, 0.3) is 5.56 Å². The van der Waals surface area contributed by atoms with Gasteiger partial charge < -0.3 is 14.8 Å². The van der Waals surface area contributed by atoms with E-state index in [2.05, 4.69) is 10.3 Å². The van der Waals surface area contributed by atoms with Crippen LogP contribution in [0.4, 0.5) is 5.69 Å². The van der Waals surface area contributed by atoms with Crippen LogP contribution >= 0.6 is 11.6 Å². The van der Waals surface area contributed by atoms with Gasteiger partial charge in [0, 0.05) is 18.0 Å². The molecule has 0 aliphatic heterocycles. The minimum atomic E-state index is -0.706. The molecule has 3 fully saturated rings. The highest BCUT2D eigenvalue weighted by atomic mass is 35.5. The van der Waals surface area contributed by atoms with Crippen LogP contribution in [0.25, 0.3) is 10.9 Å². The van der Waals surface area contributed by atoms with Gasteiger partial charge in [-0.3, -0.25) is 14.2 Å². The van der Waals surface area contributed by atoms with Crippen molar-refractivity contribution in [3.63, 3.8) is 0 Å². The molecule has 1 atom stereocenters. The van der Waals surface area contributed by atoms with E-state index in [1.165, 1.54) is 0 Å². The summed E-state index contributed by atoms with van der Waals surface area (Å²) in [6.45, 7) is 12.9. The maximum absolute atomic E-state index is 13.6. The third-order valence-corrected chi connectivity index (χ3v) is 8.14. The number of ether oxygens (including phenoxy) is 2. The van der Waals surface area contributed by atoms with Gasteiger partial charge in [0.2, 0.25) is 0 Å². The third-order valence-electron chi connectivity index (χ3n) is 7.93. The van der Waals surface area contributed by atoms with E-state index in [-0.39, 0.29) is 39.9 Å². The molecule has 3 saturated carbocycles. The average molecular weight is 581 g/mol. The average Bonchev–Trinajstić information content (AvgIpc) is 2.80. The molecule has 0 amide bonds. The van der Waals surface area contributed by atoms with Crippen LogP contribution in [0.1, 0.15) is 94.3 Å². The van der Waals surface area contributed by atoms with Crippen molar-refractivity contribution in [3.8, 4) is 0 Å². The molecule has 3 aliphatic rings. The van der Waals surface area contributed by atoms with Crippen molar-refractivity contribution in [2.45, 2.75) is 90.9 Å². The number of carbonyl (C=O) groups is 2. The molecule has 2 bridgehead atoms. The number of carbonyl (C=O) groups excluding carboxylic acids is 2. The van der Waals surface area contributed by atoms with E-state index in [9.17, 15) is 14.4 Å². The fourth-order valence-corrected chi connectivity index (χ4v) is 6.43. The molecular formula is C31H37ClN4O5. The number of fused-ring (bicyclic) bond motifs is 1. The topological polar surface area (TPSA) is 112 Å². The zero-order valence-electron chi connectivity index (χ0n) is 24.8. The Balaban J connectivity index is 1.51. The Kier molecular flexibility index (Phi) is 6.96. The van der Waals surface area contributed by atoms with E-state index >= 15 is 0 Å². The summed E-state index contributed by atoms with van der Waals surface area (Å²) in [5.74, 6) is -0.0626. The number of hydrogen-bond donors (Lipinski definition) is 1. The normalized spacial score (nSPS) is 22.1. The first-order valence-corrected chi connectivity index (χ1v) is 14.3. The minimum absolute atomic E-state index is 0.0771. The Bertz CT molecular complexity index is 1620. The molecule has 2 aromatic heterocycles. The standard InChI is InChI=1S/C31H37ClN4O5/c1-16(2)40-28(39)31-13-30(14-31,15-31)27-35-23-19(11-17(3)12-20(23)25(37)36(27)8)18(4)33-21-9-10-22(32)34-24(21)26(38)41-29(5,6)7/h9-12,16,18,33H,13-15H2,1-8H3/t18-,30?,31?/m1/s1. The first-order chi connectivity index (χ1) is 19.0. The maximum Gasteiger partial charge on any atom is 0.359 e. The molecular weight excluding hydrogens is 544 g/mol. The first-order valence-electron chi connectivity index (χ1n) is 13.9. The van der Waals surface area contributed by atoms with Crippen LogP contribution in [-0.2, 0) is 26.7 Å². The fourth-order valence-electron chi connectivity index (χ4n) is 6.28. The number of hydrogen-bond acceptors (Lipinski definition) is 8. The number of nitrogens with zero attached hydrogens (tertiary/aromatic N) is 3. The quantitative estimate of drug-likeness (QED) is 0.276. The summed E-state index contributed by atoms with van der Waals surface area (Å²) >= 11 is 6.13. The Morgan fingerprint density at radius 2 is 1.76 bits per heavy atom. The molecule has 6 rings (SSSR count). The monoisotopic (exact) mass is 580 g/mol. The fraction of sp³-hybridized carbons (Fsp3) is 0.516. The number of rotatable bonds is 7. The maximum atomic E-state index is 13.6. The van der Waals surface area contributed by atoms with Crippen molar-refractivity contribution in [2.75, 3.05) is 5.32 Å². The summed E-state index contributed by atoms with van der Waals surface area (Å²) in [6.07, 6.45) is 1.72. The van der Waals surface area contributed by atoms with E-state index in [0.29, 0.717) is 41.7 Å². The molecule has 3 aliphatic carbocycles. The molecule has 9 nitrogen and oxygen atoms in total. The smallest absolute Gasteiger partial charge is 0.359 e. The second kappa shape index (κ2) is 9.82. The second-order valence-corrected chi connectivity index (χ2v) is 13.4. The van der Waals surface area contributed by atoms with Gasteiger partial charge in [0.15, 0.2) is 5.69 Å². The van der Waals surface area contributed by atoms with Gasteiger partial charge >= 0.3 is 11.9 Å². The van der Waals surface area contributed by atoms with Crippen molar-refractivity contribution in [2.24, 2.45) is 12.5 Å². The van der Waals surface area contributed by atoms with Gasteiger partial charge in [-0.1, -0.05) is 17.7 Å². The van der Waals surface area contributed by atoms with Crippen LogP contribution in [0.3, 0.4) is 0 Å². The molecule has 218 valence electrons. The van der Waals surface area contributed by atoms with Gasteiger partial charge in [-0.2, -0.15) is 0 Å². The van der Waals surface area contributed by atoms with E-state index in [4.69, 9.17) is 26.1 Å². The molecule has 10 heteroatoms. The lowest BCUT2D eigenvalue weighted by atomic mass is 9.34. The number of nitrogens with one attached hydrogen (secondary N) is 1. The highest BCUT2D eigenvalue weighted by Crippen LogP contribution is 2.73. The summed E-state index contributed by atoms with van der Waals surface area (Å²) in [7, 11) is 1.75. The van der Waals surface area contributed by atoms with E-state index in [0.717, 1.165) is 11.1 Å². The van der Waals surface area contributed by atoms with E-state index < -0.39 is 17.0 Å². The zero-order chi connectivity index (χ0) is 30.1. The van der Waals surface area contributed by atoms with Gasteiger partial charge in [0.1, 0.15) is 16.6 Å². The van der Waals surface area contributed by atoms with Crippen molar-refractivity contribution < 1.29 is 19.1 Å². The predicted octanol–water partition coefficient (Wildman–Crippen LogP) is 5.79. The lowest BCUT2D eigenvalue weighted by molar-refractivity contribution is -0.206. The van der Waals surface area contributed by atoms with Gasteiger partial charge in [-0.25, -0.2) is 14.8 Å².